The fourth-order valence-corrected chi connectivity index (χ4v) is 2.08. The Morgan fingerprint density at radius 2 is 2.13 bits per heavy atom. The van der Waals surface area contributed by atoms with E-state index in [-0.39, 0.29) is 12.4 Å². The van der Waals surface area contributed by atoms with Gasteiger partial charge >= 0.3 is 0 Å². The molecule has 1 N–H and O–H groups in total. The number of nitrogens with one attached hydrogen (secondary N) is 1. The van der Waals surface area contributed by atoms with Gasteiger partial charge in [-0.1, -0.05) is 23.7 Å². The van der Waals surface area contributed by atoms with Crippen LogP contribution in [0.5, 0.6) is 0 Å². The van der Waals surface area contributed by atoms with E-state index in [9.17, 15) is 0 Å². The lowest BCUT2D eigenvalue weighted by Crippen LogP contribution is -2.20. The zero-order valence-electron chi connectivity index (χ0n) is 8.72. The van der Waals surface area contributed by atoms with Gasteiger partial charge in [0.1, 0.15) is 0 Å². The summed E-state index contributed by atoms with van der Waals surface area (Å²) in [5.41, 5.74) is 4.06. The van der Waals surface area contributed by atoms with Crippen molar-refractivity contribution < 1.29 is 0 Å². The molecule has 0 aromatic heterocycles. The molecule has 0 unspecified atom stereocenters. The minimum absolute atomic E-state index is 0. The predicted octanol–water partition coefficient (Wildman–Crippen LogP) is 3.45. The highest BCUT2D eigenvalue weighted by Crippen LogP contribution is 2.25. The smallest absolute Gasteiger partial charge is 0.0409 e. The first kappa shape index (κ1) is 12.6. The maximum atomic E-state index is 5.92. The average molecular weight is 244 g/mol. The Labute approximate surface area is 102 Å². The molecule has 1 aliphatic heterocycles. The molecule has 82 valence electrons. The van der Waals surface area contributed by atoms with Crippen LogP contribution in [0.15, 0.2) is 24.3 Å². The van der Waals surface area contributed by atoms with Crippen molar-refractivity contribution in [2.24, 2.45) is 0 Å². The van der Waals surface area contributed by atoms with Gasteiger partial charge in [-0.2, -0.15) is 0 Å². The van der Waals surface area contributed by atoms with Crippen LogP contribution in [0.3, 0.4) is 0 Å². The number of aryl methyl sites for hydroxylation is 1. The summed E-state index contributed by atoms with van der Waals surface area (Å²) in [4.78, 5) is 0. The third kappa shape index (κ3) is 2.97. The van der Waals surface area contributed by atoms with Crippen LogP contribution >= 0.6 is 24.0 Å². The molecular weight excluding hydrogens is 229 g/mol. The molecule has 1 aliphatic rings. The van der Waals surface area contributed by atoms with Crippen LogP contribution in [0.2, 0.25) is 5.02 Å². The Morgan fingerprint density at radius 1 is 1.33 bits per heavy atom. The van der Waals surface area contributed by atoms with Crippen LogP contribution in [0, 0.1) is 6.92 Å². The molecule has 1 heterocycles. The standard InChI is InChI=1S/C12H14ClN.ClH/c1-9-8-11(13)2-3-12(9)10-4-6-14-7-5-10;/h2-4,8,14H,5-7H2,1H3;1H. The van der Waals surface area contributed by atoms with Crippen LogP contribution in [-0.2, 0) is 0 Å². The lowest BCUT2D eigenvalue weighted by molar-refractivity contribution is 0.738. The van der Waals surface area contributed by atoms with Crippen molar-refractivity contribution in [2.75, 3.05) is 13.1 Å². The molecule has 0 radical (unpaired) electrons. The quantitative estimate of drug-likeness (QED) is 0.797. The lowest BCUT2D eigenvalue weighted by Gasteiger charge is -2.16. The normalized spacial score (nSPS) is 15.5. The Hall–Kier alpha value is -0.500. The van der Waals surface area contributed by atoms with E-state index in [1.807, 2.05) is 12.1 Å². The molecule has 0 atom stereocenters. The molecule has 0 saturated heterocycles. The summed E-state index contributed by atoms with van der Waals surface area (Å²) >= 11 is 5.92. The van der Waals surface area contributed by atoms with Gasteiger partial charge in [0.25, 0.3) is 0 Å². The van der Waals surface area contributed by atoms with E-state index >= 15 is 0 Å². The van der Waals surface area contributed by atoms with Crippen molar-refractivity contribution in [3.63, 3.8) is 0 Å². The summed E-state index contributed by atoms with van der Waals surface area (Å²) in [6, 6.07) is 6.11. The summed E-state index contributed by atoms with van der Waals surface area (Å²) in [6.45, 7) is 4.18. The minimum Gasteiger partial charge on any atom is -0.313 e. The molecule has 1 aromatic rings. The fraction of sp³-hybridized carbons (Fsp3) is 0.333. The van der Waals surface area contributed by atoms with Crippen molar-refractivity contribution in [1.29, 1.82) is 0 Å². The molecule has 1 nitrogen and oxygen atoms in total. The second-order valence-electron chi connectivity index (χ2n) is 3.64. The van der Waals surface area contributed by atoms with E-state index < -0.39 is 0 Å². The fourth-order valence-electron chi connectivity index (χ4n) is 1.85. The van der Waals surface area contributed by atoms with Gasteiger partial charge in [0.15, 0.2) is 0 Å². The van der Waals surface area contributed by atoms with Crippen molar-refractivity contribution >= 4 is 29.6 Å². The molecule has 0 amide bonds. The molecule has 0 spiro atoms. The first-order chi connectivity index (χ1) is 6.77. The SMILES string of the molecule is Cc1cc(Cl)ccc1C1=CCNCC1.Cl. The van der Waals surface area contributed by atoms with Crippen LogP contribution < -0.4 is 5.32 Å². The molecular formula is C12H15Cl2N. The predicted molar refractivity (Wildman–Crippen MR) is 68.9 cm³/mol. The van der Waals surface area contributed by atoms with E-state index in [1.54, 1.807) is 0 Å². The second-order valence-corrected chi connectivity index (χ2v) is 4.08. The van der Waals surface area contributed by atoms with Crippen molar-refractivity contribution in [2.45, 2.75) is 13.3 Å². The van der Waals surface area contributed by atoms with E-state index in [1.165, 1.54) is 16.7 Å². The van der Waals surface area contributed by atoms with E-state index in [0.29, 0.717) is 0 Å². The highest BCUT2D eigenvalue weighted by atomic mass is 35.5. The van der Waals surface area contributed by atoms with Gasteiger partial charge in [0.2, 0.25) is 0 Å². The number of hydrogen-bond donors (Lipinski definition) is 1. The molecule has 2 rings (SSSR count). The molecule has 15 heavy (non-hydrogen) atoms. The van der Waals surface area contributed by atoms with Gasteiger partial charge in [0.05, 0.1) is 0 Å². The van der Waals surface area contributed by atoms with Gasteiger partial charge < -0.3 is 5.32 Å². The third-order valence-electron chi connectivity index (χ3n) is 2.60. The molecule has 3 heteroatoms. The first-order valence-electron chi connectivity index (χ1n) is 4.93. The summed E-state index contributed by atoms with van der Waals surface area (Å²) in [6.07, 6.45) is 3.38. The number of halogens is 2. The molecule has 0 aliphatic carbocycles. The Balaban J connectivity index is 0.00000112. The van der Waals surface area contributed by atoms with Crippen molar-refractivity contribution in [3.05, 3.63) is 40.4 Å². The van der Waals surface area contributed by atoms with Crippen LogP contribution in [0.1, 0.15) is 17.5 Å². The zero-order chi connectivity index (χ0) is 9.97. The molecule has 0 fully saturated rings. The third-order valence-corrected chi connectivity index (χ3v) is 2.83. The largest absolute Gasteiger partial charge is 0.313 e. The summed E-state index contributed by atoms with van der Waals surface area (Å²) in [5.74, 6) is 0. The van der Waals surface area contributed by atoms with Gasteiger partial charge in [-0.15, -0.1) is 12.4 Å². The topological polar surface area (TPSA) is 12.0 Å². The zero-order valence-corrected chi connectivity index (χ0v) is 10.3. The summed E-state index contributed by atoms with van der Waals surface area (Å²) in [7, 11) is 0. The van der Waals surface area contributed by atoms with Crippen molar-refractivity contribution in [1.82, 2.24) is 5.32 Å². The molecule has 1 aromatic carbocycles. The van der Waals surface area contributed by atoms with Gasteiger partial charge in [-0.05, 0) is 48.7 Å². The highest BCUT2D eigenvalue weighted by molar-refractivity contribution is 6.30. The summed E-state index contributed by atoms with van der Waals surface area (Å²) in [5, 5.41) is 4.13. The van der Waals surface area contributed by atoms with Crippen LogP contribution in [0.4, 0.5) is 0 Å². The maximum Gasteiger partial charge on any atom is 0.0409 e. The van der Waals surface area contributed by atoms with Crippen molar-refractivity contribution in [3.8, 4) is 0 Å². The lowest BCUT2D eigenvalue weighted by atomic mass is 9.96. The minimum atomic E-state index is 0. The van der Waals surface area contributed by atoms with E-state index in [0.717, 1.165) is 24.5 Å². The summed E-state index contributed by atoms with van der Waals surface area (Å²) < 4.78 is 0. The highest BCUT2D eigenvalue weighted by Gasteiger charge is 2.07. The van der Waals surface area contributed by atoms with E-state index in [2.05, 4.69) is 24.4 Å². The Bertz CT molecular complexity index is 372. The Kier molecular flexibility index (Phi) is 4.65. The molecule has 0 saturated carbocycles. The number of rotatable bonds is 1. The van der Waals surface area contributed by atoms with Gasteiger partial charge in [-0.25, -0.2) is 0 Å². The first-order valence-corrected chi connectivity index (χ1v) is 5.31. The Morgan fingerprint density at radius 3 is 2.73 bits per heavy atom. The monoisotopic (exact) mass is 243 g/mol. The maximum absolute atomic E-state index is 5.92. The van der Waals surface area contributed by atoms with E-state index in [4.69, 9.17) is 11.6 Å². The van der Waals surface area contributed by atoms with Crippen LogP contribution in [-0.4, -0.2) is 13.1 Å². The number of benzene rings is 1. The number of hydrogen-bond acceptors (Lipinski definition) is 1. The average Bonchev–Trinajstić information content (AvgIpc) is 2.19. The second kappa shape index (κ2) is 5.55. The molecule has 0 bridgehead atoms. The van der Waals surface area contributed by atoms with Crippen LogP contribution in [0.25, 0.3) is 5.57 Å². The van der Waals surface area contributed by atoms with Gasteiger partial charge in [-0.3, -0.25) is 0 Å². The van der Waals surface area contributed by atoms with Gasteiger partial charge in [0, 0.05) is 11.6 Å².